The summed E-state index contributed by atoms with van der Waals surface area (Å²) in [6, 6.07) is 10.8. The van der Waals surface area contributed by atoms with Crippen molar-refractivity contribution in [2.45, 2.75) is 17.6 Å². The summed E-state index contributed by atoms with van der Waals surface area (Å²) in [6.45, 7) is 2.88. The Morgan fingerprint density at radius 2 is 2.00 bits per heavy atom. The minimum atomic E-state index is -3.43. The molecule has 0 saturated carbocycles. The number of rotatable bonds is 9. The lowest BCUT2D eigenvalue weighted by Crippen LogP contribution is -2.27. The molecule has 0 aliphatic carbocycles. The molecule has 0 unspecified atom stereocenters. The number of aryl methyl sites for hydroxylation is 1. The van der Waals surface area contributed by atoms with Gasteiger partial charge in [-0.05, 0) is 30.4 Å². The second-order valence-corrected chi connectivity index (χ2v) is 10.2. The first-order valence-corrected chi connectivity index (χ1v) is 11.9. The van der Waals surface area contributed by atoms with E-state index >= 15 is 0 Å². The zero-order chi connectivity index (χ0) is 20.1. The van der Waals surface area contributed by atoms with Gasteiger partial charge in [0, 0.05) is 25.7 Å². The smallest absolute Gasteiger partial charge is 0.250 e. The number of aromatic nitrogens is 1. The van der Waals surface area contributed by atoms with Gasteiger partial charge in [0.2, 0.25) is 15.8 Å². The van der Waals surface area contributed by atoms with Crippen LogP contribution in [0.25, 0.3) is 0 Å². The van der Waals surface area contributed by atoms with Crippen molar-refractivity contribution in [3.63, 3.8) is 0 Å². The predicted octanol–water partition coefficient (Wildman–Crippen LogP) is 3.55. The summed E-state index contributed by atoms with van der Waals surface area (Å²) in [5.41, 5.74) is 1.62. The Balaban J connectivity index is 1.54. The van der Waals surface area contributed by atoms with Gasteiger partial charge in [-0.15, -0.1) is 11.3 Å². The van der Waals surface area contributed by atoms with Crippen molar-refractivity contribution in [1.29, 1.82) is 0 Å². The number of thiazole rings is 1. The average molecular weight is 436 g/mol. The molecule has 6 nitrogen and oxygen atoms in total. The van der Waals surface area contributed by atoms with Crippen LogP contribution in [0.3, 0.4) is 0 Å². The molecular formula is C19H21N3O3S3. The molecule has 0 radical (unpaired) electrons. The van der Waals surface area contributed by atoms with Crippen molar-refractivity contribution in [1.82, 2.24) is 9.71 Å². The number of carbonyl (C=O) groups is 1. The Morgan fingerprint density at radius 3 is 2.71 bits per heavy atom. The normalized spacial score (nSPS) is 11.5. The fourth-order valence-electron chi connectivity index (χ4n) is 2.61. The predicted molar refractivity (Wildman–Crippen MR) is 114 cm³/mol. The maximum atomic E-state index is 12.7. The van der Waals surface area contributed by atoms with Crippen molar-refractivity contribution >= 4 is 43.6 Å². The molecular weight excluding hydrogens is 414 g/mol. The minimum absolute atomic E-state index is 0.0287. The summed E-state index contributed by atoms with van der Waals surface area (Å²) in [4.78, 5) is 19.5. The molecule has 3 rings (SSSR count). The van der Waals surface area contributed by atoms with Crippen LogP contribution in [0.2, 0.25) is 0 Å². The summed E-state index contributed by atoms with van der Waals surface area (Å²) in [5.74, 6) is -0.0287. The van der Waals surface area contributed by atoms with Crippen molar-refractivity contribution < 1.29 is 13.2 Å². The number of anilines is 1. The van der Waals surface area contributed by atoms with E-state index < -0.39 is 10.0 Å². The van der Waals surface area contributed by atoms with Crippen LogP contribution in [0.5, 0.6) is 0 Å². The minimum Gasteiger partial charge on any atom is -0.351 e. The topological polar surface area (TPSA) is 79.4 Å². The number of benzene rings is 1. The Morgan fingerprint density at radius 1 is 1.21 bits per heavy atom. The van der Waals surface area contributed by atoms with Crippen LogP contribution >= 0.6 is 22.7 Å². The third-order valence-electron chi connectivity index (χ3n) is 4.16. The monoisotopic (exact) mass is 435 g/mol. The van der Waals surface area contributed by atoms with Gasteiger partial charge in [0.1, 0.15) is 4.21 Å². The lowest BCUT2D eigenvalue weighted by molar-refractivity contribution is 0.104. The molecule has 148 valence electrons. The first-order chi connectivity index (χ1) is 13.4. The third kappa shape index (κ3) is 4.85. The zero-order valence-electron chi connectivity index (χ0n) is 15.6. The fraction of sp³-hybridized carbons (Fsp3) is 0.263. The van der Waals surface area contributed by atoms with Gasteiger partial charge in [-0.2, -0.15) is 0 Å². The third-order valence-corrected chi connectivity index (χ3v) is 8.12. The molecule has 0 amide bonds. The molecule has 0 atom stereocenters. The van der Waals surface area contributed by atoms with Gasteiger partial charge in [0.05, 0.1) is 11.1 Å². The van der Waals surface area contributed by atoms with Gasteiger partial charge in [-0.25, -0.2) is 18.1 Å². The van der Waals surface area contributed by atoms with E-state index in [2.05, 4.69) is 9.71 Å². The largest absolute Gasteiger partial charge is 0.351 e. The Kier molecular flexibility index (Phi) is 6.61. The molecule has 0 aliphatic rings. The Labute approximate surface area is 172 Å². The van der Waals surface area contributed by atoms with Crippen LogP contribution < -0.4 is 9.62 Å². The van der Waals surface area contributed by atoms with E-state index in [4.69, 9.17) is 0 Å². The van der Waals surface area contributed by atoms with Gasteiger partial charge in [-0.1, -0.05) is 41.7 Å². The number of nitrogens with one attached hydrogen (secondary N) is 1. The highest BCUT2D eigenvalue weighted by atomic mass is 32.2. The number of carbonyl (C=O) groups excluding carboxylic acids is 1. The van der Waals surface area contributed by atoms with Gasteiger partial charge >= 0.3 is 0 Å². The van der Waals surface area contributed by atoms with E-state index in [0.29, 0.717) is 34.2 Å². The second kappa shape index (κ2) is 8.95. The van der Waals surface area contributed by atoms with Crippen LogP contribution in [0, 0.1) is 6.92 Å². The number of hydrogen-bond donors (Lipinski definition) is 1. The quantitative estimate of drug-likeness (QED) is 0.411. The lowest BCUT2D eigenvalue weighted by atomic mass is 10.0. The molecule has 2 aromatic heterocycles. The SMILES string of the molecule is Cc1ccccc1C(=O)c1cnc(N(C)CCCNS(=O)(=O)c2cccs2)s1. The first kappa shape index (κ1) is 20.7. The van der Waals surface area contributed by atoms with E-state index in [9.17, 15) is 13.2 Å². The summed E-state index contributed by atoms with van der Waals surface area (Å²) in [7, 11) is -1.55. The first-order valence-electron chi connectivity index (χ1n) is 8.69. The maximum Gasteiger partial charge on any atom is 0.250 e. The van der Waals surface area contributed by atoms with Crippen molar-refractivity contribution in [2.75, 3.05) is 25.0 Å². The molecule has 0 spiro atoms. The molecule has 3 aromatic rings. The molecule has 0 bridgehead atoms. The van der Waals surface area contributed by atoms with Gasteiger partial charge in [0.15, 0.2) is 5.13 Å². The van der Waals surface area contributed by atoms with E-state index in [-0.39, 0.29) is 5.78 Å². The molecule has 1 N–H and O–H groups in total. The number of thiophene rings is 1. The van der Waals surface area contributed by atoms with Crippen LogP contribution in [0.1, 0.15) is 27.2 Å². The Bertz CT molecular complexity index is 1040. The summed E-state index contributed by atoms with van der Waals surface area (Å²) in [6.07, 6.45) is 2.23. The summed E-state index contributed by atoms with van der Waals surface area (Å²) in [5, 5.41) is 2.47. The summed E-state index contributed by atoms with van der Waals surface area (Å²) < 4.78 is 27.1. The lowest BCUT2D eigenvalue weighted by Gasteiger charge is -2.15. The maximum absolute atomic E-state index is 12.7. The van der Waals surface area contributed by atoms with Crippen molar-refractivity contribution in [3.05, 3.63) is 64.0 Å². The van der Waals surface area contributed by atoms with Gasteiger partial charge < -0.3 is 4.90 Å². The highest BCUT2D eigenvalue weighted by molar-refractivity contribution is 7.91. The zero-order valence-corrected chi connectivity index (χ0v) is 18.0. The van der Waals surface area contributed by atoms with E-state index in [1.807, 2.05) is 43.1 Å². The van der Waals surface area contributed by atoms with Crippen LogP contribution in [-0.4, -0.2) is 39.3 Å². The molecule has 1 aromatic carbocycles. The molecule has 28 heavy (non-hydrogen) atoms. The van der Waals surface area contributed by atoms with E-state index in [1.165, 1.54) is 22.7 Å². The fourth-order valence-corrected chi connectivity index (χ4v) is 5.58. The average Bonchev–Trinajstić information content (AvgIpc) is 3.37. The molecule has 2 heterocycles. The number of ketones is 1. The van der Waals surface area contributed by atoms with Crippen molar-refractivity contribution in [2.24, 2.45) is 0 Å². The van der Waals surface area contributed by atoms with Crippen LogP contribution in [-0.2, 0) is 10.0 Å². The number of hydrogen-bond acceptors (Lipinski definition) is 7. The van der Waals surface area contributed by atoms with Gasteiger partial charge in [-0.3, -0.25) is 4.79 Å². The molecule has 0 fully saturated rings. The Hall–Kier alpha value is -2.07. The molecule has 9 heteroatoms. The van der Waals surface area contributed by atoms with Crippen LogP contribution in [0.15, 0.2) is 52.2 Å². The van der Waals surface area contributed by atoms with Gasteiger partial charge in [0.25, 0.3) is 0 Å². The number of nitrogens with zero attached hydrogens (tertiary/aromatic N) is 2. The second-order valence-electron chi connectivity index (χ2n) is 6.26. The van der Waals surface area contributed by atoms with Crippen LogP contribution in [0.4, 0.5) is 5.13 Å². The highest BCUT2D eigenvalue weighted by Crippen LogP contribution is 2.25. The number of sulfonamides is 1. The summed E-state index contributed by atoms with van der Waals surface area (Å²) >= 11 is 2.54. The molecule has 0 aliphatic heterocycles. The molecule has 0 saturated heterocycles. The van der Waals surface area contributed by atoms with Crippen molar-refractivity contribution in [3.8, 4) is 0 Å². The van der Waals surface area contributed by atoms with E-state index in [1.54, 1.807) is 23.7 Å². The standard InChI is InChI=1S/C19H21N3O3S3/c1-14-7-3-4-8-15(14)18(23)16-13-20-19(27-16)22(2)11-6-10-21-28(24,25)17-9-5-12-26-17/h3-5,7-9,12-13,21H,6,10-11H2,1-2H3. The highest BCUT2D eigenvalue weighted by Gasteiger charge is 2.17. The van der Waals surface area contributed by atoms with E-state index in [0.717, 1.165) is 10.7 Å².